The molecule has 0 saturated heterocycles. The number of aryl methyl sites for hydroxylation is 1. The monoisotopic (exact) mass is 654 g/mol. The average molecular weight is 655 g/mol. The number of hydrogen-bond acceptors (Lipinski definition) is 9. The van der Waals surface area contributed by atoms with Crippen LogP contribution >= 0.6 is 0 Å². The van der Waals surface area contributed by atoms with Crippen molar-refractivity contribution in [3.63, 3.8) is 0 Å². The summed E-state index contributed by atoms with van der Waals surface area (Å²) in [6.07, 6.45) is -5.25. The maximum absolute atomic E-state index is 13.5. The second-order valence-electron chi connectivity index (χ2n) is 9.90. The summed E-state index contributed by atoms with van der Waals surface area (Å²) in [5.74, 6) is -1.31. The number of nitrogens with one attached hydrogen (secondary N) is 1. The summed E-state index contributed by atoms with van der Waals surface area (Å²) in [4.78, 5) is 28.2. The van der Waals surface area contributed by atoms with Crippen molar-refractivity contribution in [2.24, 2.45) is 5.28 Å². The Hall–Kier alpha value is -4.67. The van der Waals surface area contributed by atoms with Crippen LogP contribution in [-0.2, 0) is 35.4 Å². The number of ether oxygens (including phenoxy) is 1. The summed E-state index contributed by atoms with van der Waals surface area (Å²) in [5.41, 5.74) is 0.623. The lowest BCUT2D eigenvalue weighted by Gasteiger charge is -2.14. The number of nitrogens with zero attached hydrogens (tertiary/aromatic N) is 5. The van der Waals surface area contributed by atoms with Crippen LogP contribution in [0.4, 0.5) is 13.2 Å². The van der Waals surface area contributed by atoms with Gasteiger partial charge in [-0.15, -0.1) is 5.01 Å². The first-order valence-corrected chi connectivity index (χ1v) is 15.2. The quantitative estimate of drug-likeness (QED) is 0.0639. The van der Waals surface area contributed by atoms with E-state index in [0.29, 0.717) is 12.0 Å². The van der Waals surface area contributed by atoms with Crippen molar-refractivity contribution in [1.82, 2.24) is 19.5 Å². The number of rotatable bonds is 14. The fraction of sp³-hybridized carbons (Fsp3) is 0.393. The number of alkyl halides is 3. The number of carbonyl (C=O) groups is 2. The molecule has 2 aromatic carbocycles. The maximum atomic E-state index is 13.5. The Balaban J connectivity index is 1.58. The number of hydrazine groups is 1. The molecular weight excluding hydrogens is 621 g/mol. The highest BCUT2D eigenvalue weighted by atomic mass is 32.2. The van der Waals surface area contributed by atoms with E-state index in [1.807, 2.05) is 11.6 Å². The highest BCUT2D eigenvalue weighted by molar-refractivity contribution is 7.90. The molecule has 13 nitrogen and oxygen atoms in total. The lowest BCUT2D eigenvalue weighted by molar-refractivity contribution is -0.707. The molecule has 1 N–H and O–H groups in total. The van der Waals surface area contributed by atoms with Gasteiger partial charge in [-0.2, -0.15) is 18.3 Å². The molecule has 0 aliphatic heterocycles. The molecule has 0 saturated carbocycles. The van der Waals surface area contributed by atoms with E-state index in [9.17, 15) is 36.4 Å². The maximum Gasteiger partial charge on any atom is 0.435 e. The third-order valence-electron chi connectivity index (χ3n) is 6.27. The summed E-state index contributed by atoms with van der Waals surface area (Å²) in [7, 11) is -2.87. The Kier molecular flexibility index (Phi) is 11.5. The molecular formula is C28H33F3N6O7S. The van der Waals surface area contributed by atoms with Crippen LogP contribution in [0.15, 0.2) is 64.8 Å². The first-order valence-electron chi connectivity index (χ1n) is 13.8. The highest BCUT2D eigenvalue weighted by Gasteiger charge is 2.35. The number of unbranched alkanes of at least 4 members (excludes halogenated alkanes) is 1. The number of sulfonamides is 1. The molecule has 1 atom stereocenters. The number of aromatic nitrogens is 2. The Bertz CT molecular complexity index is 1610. The molecule has 3 rings (SSSR count). The van der Waals surface area contributed by atoms with Crippen molar-refractivity contribution < 1.29 is 45.7 Å². The van der Waals surface area contributed by atoms with Crippen LogP contribution in [0.2, 0.25) is 0 Å². The van der Waals surface area contributed by atoms with Crippen LogP contribution in [-0.4, -0.2) is 59.9 Å². The second kappa shape index (κ2) is 14.9. The number of hydrogen-bond donors (Lipinski definition) is 1. The molecule has 1 aromatic heterocycles. The number of amides is 1. The Morgan fingerprint density at radius 3 is 2.38 bits per heavy atom. The van der Waals surface area contributed by atoms with Gasteiger partial charge >= 0.3 is 12.1 Å². The molecule has 0 aliphatic rings. The van der Waals surface area contributed by atoms with Gasteiger partial charge in [-0.25, -0.2) is 17.8 Å². The van der Waals surface area contributed by atoms with E-state index in [0.717, 1.165) is 33.5 Å². The van der Waals surface area contributed by atoms with Crippen molar-refractivity contribution >= 4 is 21.9 Å². The summed E-state index contributed by atoms with van der Waals surface area (Å²) in [6, 6.07) is 12.6. The van der Waals surface area contributed by atoms with Gasteiger partial charge in [0.2, 0.25) is 11.2 Å². The van der Waals surface area contributed by atoms with Gasteiger partial charge < -0.3 is 9.94 Å². The van der Waals surface area contributed by atoms with Crippen LogP contribution < -0.4 is 4.72 Å². The standard InChI is InChI=1S/C28H33F3N6O7S/c1-5-27(39)43-20(3)44-34-37(40)35(4)17-7-6-8-26(38)33-45(41,42)23-15-13-22(14-16-23)36-24(18-25(32-36)28(29,30)31)21-11-9-19(2)10-12-21/h9-16,18,20H,5-8,17H2,1-4H3,(H,33,38)/b37-34-. The van der Waals surface area contributed by atoms with Crippen molar-refractivity contribution in [1.29, 1.82) is 0 Å². The largest absolute Gasteiger partial charge is 0.569 e. The topological polar surface area (TPSA) is 158 Å². The summed E-state index contributed by atoms with van der Waals surface area (Å²) in [5, 5.41) is 20.0. The Morgan fingerprint density at radius 1 is 1.13 bits per heavy atom. The smallest absolute Gasteiger partial charge is 0.435 e. The predicted molar refractivity (Wildman–Crippen MR) is 154 cm³/mol. The zero-order chi connectivity index (χ0) is 33.4. The van der Waals surface area contributed by atoms with Crippen molar-refractivity contribution in [3.05, 3.63) is 71.1 Å². The highest BCUT2D eigenvalue weighted by Crippen LogP contribution is 2.33. The molecule has 1 unspecified atom stereocenters. The van der Waals surface area contributed by atoms with E-state index >= 15 is 0 Å². The van der Waals surface area contributed by atoms with Crippen LogP contribution in [0.1, 0.15) is 50.8 Å². The molecule has 17 heteroatoms. The van der Waals surface area contributed by atoms with Crippen LogP contribution in [0.25, 0.3) is 16.9 Å². The van der Waals surface area contributed by atoms with Crippen LogP contribution in [0.3, 0.4) is 0 Å². The molecule has 45 heavy (non-hydrogen) atoms. The van der Waals surface area contributed by atoms with Gasteiger partial charge in [-0.3, -0.25) is 14.4 Å². The average Bonchev–Trinajstić information content (AvgIpc) is 3.44. The van der Waals surface area contributed by atoms with Crippen molar-refractivity contribution in [2.45, 2.75) is 63.8 Å². The molecule has 0 radical (unpaired) electrons. The first kappa shape index (κ1) is 34.8. The molecule has 0 bridgehead atoms. The number of benzene rings is 2. The minimum Gasteiger partial charge on any atom is -0.569 e. The fourth-order valence-electron chi connectivity index (χ4n) is 3.84. The molecule has 0 fully saturated rings. The third-order valence-corrected chi connectivity index (χ3v) is 7.66. The first-order chi connectivity index (χ1) is 21.1. The Labute approximate surface area is 257 Å². The van der Waals surface area contributed by atoms with E-state index in [-0.39, 0.29) is 47.1 Å². The normalized spacial score (nSPS) is 12.8. The van der Waals surface area contributed by atoms with Crippen LogP contribution in [0, 0.1) is 12.1 Å². The van der Waals surface area contributed by atoms with Gasteiger partial charge in [0.25, 0.3) is 16.3 Å². The second-order valence-corrected chi connectivity index (χ2v) is 11.6. The third kappa shape index (κ3) is 9.92. The molecule has 1 amide bonds. The van der Waals surface area contributed by atoms with E-state index < -0.39 is 40.1 Å². The number of esters is 1. The van der Waals surface area contributed by atoms with E-state index in [1.165, 1.54) is 26.1 Å². The summed E-state index contributed by atoms with van der Waals surface area (Å²) >= 11 is 0. The minimum absolute atomic E-state index is 0.132. The predicted octanol–water partition coefficient (Wildman–Crippen LogP) is 4.88. The molecule has 0 spiro atoms. The van der Waals surface area contributed by atoms with Crippen molar-refractivity contribution in [2.75, 3.05) is 13.6 Å². The lowest BCUT2D eigenvalue weighted by Crippen LogP contribution is -2.31. The van der Waals surface area contributed by atoms with Gasteiger partial charge in [0.1, 0.15) is 0 Å². The minimum atomic E-state index is -4.70. The molecule has 1 heterocycles. The van der Waals surface area contributed by atoms with Crippen LogP contribution in [0.5, 0.6) is 0 Å². The van der Waals surface area contributed by atoms with Gasteiger partial charge in [0, 0.05) is 25.3 Å². The van der Waals surface area contributed by atoms with Gasteiger partial charge in [0.15, 0.2) is 5.69 Å². The fourth-order valence-corrected chi connectivity index (χ4v) is 4.86. The van der Waals surface area contributed by atoms with Gasteiger partial charge in [-0.05, 0) is 50.1 Å². The SMILES string of the molecule is CCC(=O)OC(C)O/N=[N+](\[O-])N(C)CCCCC(=O)NS(=O)(=O)c1ccc(-n2nc(C(F)(F)F)cc2-c2ccc(C)cc2)cc1. The van der Waals surface area contributed by atoms with Gasteiger partial charge in [-0.1, -0.05) is 36.8 Å². The summed E-state index contributed by atoms with van der Waals surface area (Å²) < 4.78 is 73.8. The van der Waals surface area contributed by atoms with Crippen molar-refractivity contribution in [3.8, 4) is 16.9 Å². The van der Waals surface area contributed by atoms with E-state index in [1.54, 1.807) is 31.2 Å². The number of halogens is 3. The molecule has 244 valence electrons. The molecule has 3 aromatic rings. The summed E-state index contributed by atoms with van der Waals surface area (Å²) in [6.45, 7) is 4.97. The van der Waals surface area contributed by atoms with E-state index in [2.05, 4.69) is 10.4 Å². The lowest BCUT2D eigenvalue weighted by atomic mass is 10.1. The van der Waals surface area contributed by atoms with Gasteiger partial charge in [0.05, 0.1) is 34.8 Å². The molecule has 0 aliphatic carbocycles. The zero-order valence-corrected chi connectivity index (χ0v) is 25.8. The number of carbonyl (C=O) groups excluding carboxylic acids is 2. The Morgan fingerprint density at radius 2 is 1.78 bits per heavy atom. The van der Waals surface area contributed by atoms with E-state index in [4.69, 9.17) is 9.57 Å². The zero-order valence-electron chi connectivity index (χ0n) is 24.9.